The van der Waals surface area contributed by atoms with Gasteiger partial charge in [-0.3, -0.25) is 4.79 Å². The van der Waals surface area contributed by atoms with Crippen LogP contribution >= 0.6 is 27.3 Å². The van der Waals surface area contributed by atoms with Gasteiger partial charge in [-0.25, -0.2) is 13.4 Å². The van der Waals surface area contributed by atoms with Crippen molar-refractivity contribution in [2.45, 2.75) is 30.6 Å². The number of thiazole rings is 1. The molecule has 0 saturated carbocycles. The van der Waals surface area contributed by atoms with Gasteiger partial charge >= 0.3 is 0 Å². The summed E-state index contributed by atoms with van der Waals surface area (Å²) in [5, 5.41) is 0.975. The van der Waals surface area contributed by atoms with Crippen molar-refractivity contribution in [3.05, 3.63) is 52.5 Å². The van der Waals surface area contributed by atoms with Crippen molar-refractivity contribution < 1.29 is 13.2 Å². The molecule has 7 nitrogen and oxygen atoms in total. The van der Waals surface area contributed by atoms with E-state index in [2.05, 4.69) is 26.9 Å². The molecule has 1 amide bonds. The molecule has 0 bridgehead atoms. The SMILES string of the molecule is O=C(c1ccc(S(=O)(=O)N2CCCCCC2)cc1)N1CCN(c2nc3ccc(Br)cc3s2)CC1. The van der Waals surface area contributed by atoms with Gasteiger partial charge in [-0.05, 0) is 55.3 Å². The lowest BCUT2D eigenvalue weighted by Crippen LogP contribution is -2.48. The molecule has 3 heterocycles. The molecule has 34 heavy (non-hydrogen) atoms. The highest BCUT2D eigenvalue weighted by Gasteiger charge is 2.27. The Morgan fingerprint density at radius 2 is 1.56 bits per heavy atom. The molecule has 10 heteroatoms. The average molecular weight is 564 g/mol. The first kappa shape index (κ1) is 23.7. The minimum Gasteiger partial charge on any atom is -0.345 e. The summed E-state index contributed by atoms with van der Waals surface area (Å²) in [4.78, 5) is 22.1. The van der Waals surface area contributed by atoms with Crippen molar-refractivity contribution in [2.24, 2.45) is 0 Å². The maximum atomic E-state index is 13.1. The number of halogens is 1. The van der Waals surface area contributed by atoms with Crippen molar-refractivity contribution in [3.8, 4) is 0 Å². The number of hydrogen-bond donors (Lipinski definition) is 0. The summed E-state index contributed by atoms with van der Waals surface area (Å²) in [6, 6.07) is 12.5. The maximum absolute atomic E-state index is 13.1. The van der Waals surface area contributed by atoms with Gasteiger partial charge in [0, 0.05) is 49.3 Å². The zero-order chi connectivity index (χ0) is 23.7. The normalized spacial score (nSPS) is 18.3. The fraction of sp³-hybridized carbons (Fsp3) is 0.417. The molecule has 0 N–H and O–H groups in total. The quantitative estimate of drug-likeness (QED) is 0.465. The maximum Gasteiger partial charge on any atom is 0.253 e. The van der Waals surface area contributed by atoms with Crippen LogP contribution in [0.4, 0.5) is 5.13 Å². The van der Waals surface area contributed by atoms with E-state index < -0.39 is 10.0 Å². The van der Waals surface area contributed by atoms with Gasteiger partial charge in [-0.2, -0.15) is 4.31 Å². The predicted molar refractivity (Wildman–Crippen MR) is 139 cm³/mol. The number of sulfonamides is 1. The van der Waals surface area contributed by atoms with E-state index in [0.717, 1.165) is 45.5 Å². The van der Waals surface area contributed by atoms with Crippen LogP contribution in [0.2, 0.25) is 0 Å². The number of fused-ring (bicyclic) bond motifs is 1. The highest BCUT2D eigenvalue weighted by Crippen LogP contribution is 2.31. The van der Waals surface area contributed by atoms with E-state index >= 15 is 0 Å². The zero-order valence-corrected chi connectivity index (χ0v) is 22.0. The van der Waals surface area contributed by atoms with Crippen LogP contribution in [0.1, 0.15) is 36.0 Å². The standard InChI is InChI=1S/C24H27BrN4O3S2/c25-19-7-10-21-22(17-19)33-24(26-21)28-15-13-27(14-16-28)23(30)18-5-8-20(9-6-18)34(31,32)29-11-3-1-2-4-12-29/h5-10,17H,1-4,11-16H2. The topological polar surface area (TPSA) is 73.8 Å². The molecule has 5 rings (SSSR count). The monoisotopic (exact) mass is 562 g/mol. The van der Waals surface area contributed by atoms with Gasteiger partial charge < -0.3 is 9.80 Å². The number of carbonyl (C=O) groups is 1. The molecule has 2 aromatic carbocycles. The molecule has 0 unspecified atom stereocenters. The van der Waals surface area contributed by atoms with Crippen LogP contribution in [0.5, 0.6) is 0 Å². The Morgan fingerprint density at radius 3 is 2.24 bits per heavy atom. The Bertz CT molecular complexity index is 1280. The summed E-state index contributed by atoms with van der Waals surface area (Å²) < 4.78 is 29.7. The molecule has 3 aromatic rings. The fourth-order valence-corrected chi connectivity index (χ4v) is 7.59. The summed E-state index contributed by atoms with van der Waals surface area (Å²) >= 11 is 5.17. The molecule has 0 spiro atoms. The third-order valence-electron chi connectivity index (χ3n) is 6.48. The van der Waals surface area contributed by atoms with Gasteiger partial charge in [-0.15, -0.1) is 0 Å². The van der Waals surface area contributed by atoms with E-state index in [0.29, 0.717) is 44.8 Å². The molecule has 0 atom stereocenters. The lowest BCUT2D eigenvalue weighted by atomic mass is 10.2. The molecule has 0 radical (unpaired) electrons. The van der Waals surface area contributed by atoms with Gasteiger partial charge in [0.2, 0.25) is 10.0 Å². The van der Waals surface area contributed by atoms with Crippen LogP contribution in [0.25, 0.3) is 10.2 Å². The van der Waals surface area contributed by atoms with E-state index in [-0.39, 0.29) is 10.8 Å². The average Bonchev–Trinajstić information content (AvgIpc) is 3.07. The lowest BCUT2D eigenvalue weighted by molar-refractivity contribution is 0.0746. The Kier molecular flexibility index (Phi) is 6.92. The summed E-state index contributed by atoms with van der Waals surface area (Å²) in [5.74, 6) is -0.0633. The second-order valence-electron chi connectivity index (χ2n) is 8.73. The lowest BCUT2D eigenvalue weighted by Gasteiger charge is -2.34. The van der Waals surface area contributed by atoms with Crippen molar-refractivity contribution in [2.75, 3.05) is 44.2 Å². The number of rotatable bonds is 4. The number of amides is 1. The highest BCUT2D eigenvalue weighted by molar-refractivity contribution is 9.10. The first-order valence-electron chi connectivity index (χ1n) is 11.6. The van der Waals surface area contributed by atoms with Crippen molar-refractivity contribution >= 4 is 58.5 Å². The fourth-order valence-electron chi connectivity index (χ4n) is 4.51. The molecule has 2 saturated heterocycles. The van der Waals surface area contributed by atoms with E-state index in [1.807, 2.05) is 17.0 Å². The second-order valence-corrected chi connectivity index (χ2v) is 12.6. The summed E-state index contributed by atoms with van der Waals surface area (Å²) in [7, 11) is -3.51. The first-order valence-corrected chi connectivity index (χ1v) is 14.7. The third kappa shape index (κ3) is 4.86. The number of aromatic nitrogens is 1. The van der Waals surface area contributed by atoms with E-state index in [1.54, 1.807) is 39.9 Å². The minimum atomic E-state index is -3.51. The third-order valence-corrected chi connectivity index (χ3v) is 9.97. The van der Waals surface area contributed by atoms with Crippen molar-refractivity contribution in [1.82, 2.24) is 14.2 Å². The molecule has 0 aliphatic carbocycles. The van der Waals surface area contributed by atoms with Gasteiger partial charge in [-0.1, -0.05) is 40.1 Å². The molecule has 2 fully saturated rings. The van der Waals surface area contributed by atoms with E-state index in [1.165, 1.54) is 0 Å². The molecule has 2 aliphatic heterocycles. The second kappa shape index (κ2) is 9.93. The zero-order valence-electron chi connectivity index (χ0n) is 18.8. The van der Waals surface area contributed by atoms with Gasteiger partial charge in [0.25, 0.3) is 5.91 Å². The Hall–Kier alpha value is -2.01. The minimum absolute atomic E-state index is 0.0633. The largest absolute Gasteiger partial charge is 0.345 e. The smallest absolute Gasteiger partial charge is 0.253 e. The van der Waals surface area contributed by atoms with E-state index in [4.69, 9.17) is 4.98 Å². The van der Waals surface area contributed by atoms with Crippen LogP contribution in [0.15, 0.2) is 51.8 Å². The number of anilines is 1. The van der Waals surface area contributed by atoms with Crippen molar-refractivity contribution in [1.29, 1.82) is 0 Å². The molecule has 180 valence electrons. The van der Waals surface area contributed by atoms with Crippen LogP contribution in [-0.4, -0.2) is 67.8 Å². The number of hydrogen-bond acceptors (Lipinski definition) is 6. The molecular weight excluding hydrogens is 536 g/mol. The first-order chi connectivity index (χ1) is 16.4. The summed E-state index contributed by atoms with van der Waals surface area (Å²) in [5.41, 5.74) is 1.50. The number of piperazine rings is 1. The summed E-state index contributed by atoms with van der Waals surface area (Å²) in [6.07, 6.45) is 3.94. The summed E-state index contributed by atoms with van der Waals surface area (Å²) in [6.45, 7) is 3.78. The molecule has 2 aliphatic rings. The van der Waals surface area contributed by atoms with Crippen molar-refractivity contribution in [3.63, 3.8) is 0 Å². The van der Waals surface area contributed by atoms with E-state index in [9.17, 15) is 13.2 Å². The van der Waals surface area contributed by atoms with Crippen LogP contribution in [0.3, 0.4) is 0 Å². The number of carbonyl (C=O) groups excluding carboxylic acids is 1. The number of benzene rings is 2. The van der Waals surface area contributed by atoms with Crippen LogP contribution in [-0.2, 0) is 10.0 Å². The highest BCUT2D eigenvalue weighted by atomic mass is 79.9. The molecule has 1 aromatic heterocycles. The van der Waals surface area contributed by atoms with Gasteiger partial charge in [0.05, 0.1) is 15.1 Å². The van der Waals surface area contributed by atoms with Crippen LogP contribution < -0.4 is 4.90 Å². The van der Waals surface area contributed by atoms with Gasteiger partial charge in [0.1, 0.15) is 0 Å². The molecular formula is C24H27BrN4O3S2. The predicted octanol–water partition coefficient (Wildman–Crippen LogP) is 4.59. The Morgan fingerprint density at radius 1 is 0.882 bits per heavy atom. The number of nitrogens with zero attached hydrogens (tertiary/aromatic N) is 4. The van der Waals surface area contributed by atoms with Crippen LogP contribution in [0, 0.1) is 0 Å². The Balaban J connectivity index is 1.23. The Labute approximate surface area is 212 Å². The van der Waals surface area contributed by atoms with Gasteiger partial charge in [0.15, 0.2) is 5.13 Å².